The maximum atomic E-state index is 12.3. The molecule has 0 saturated carbocycles. The first kappa shape index (κ1) is 18.4. The highest BCUT2D eigenvalue weighted by Gasteiger charge is 2.21. The van der Waals surface area contributed by atoms with Gasteiger partial charge in [0.25, 0.3) is 0 Å². The van der Waals surface area contributed by atoms with E-state index in [0.717, 1.165) is 5.39 Å². The standard InChI is InChI=1S/C21H19NO5/c1-12-8-9-14(10-18(12)23)20(24)27-11-17-19(21(25)26-3)13(2)15-6-4-5-7-16(15)22-17/h4-10,23H,11H2,1-3H3. The Hall–Kier alpha value is -3.41. The molecule has 0 spiro atoms. The van der Waals surface area contributed by atoms with Crippen LogP contribution in [0.25, 0.3) is 10.9 Å². The minimum absolute atomic E-state index is 0.0133. The molecule has 0 aliphatic carbocycles. The minimum atomic E-state index is -0.617. The molecule has 0 bridgehead atoms. The normalized spacial score (nSPS) is 10.6. The van der Waals surface area contributed by atoms with Gasteiger partial charge >= 0.3 is 11.9 Å². The van der Waals surface area contributed by atoms with Crippen molar-refractivity contribution in [2.24, 2.45) is 0 Å². The van der Waals surface area contributed by atoms with Crippen molar-refractivity contribution in [1.82, 2.24) is 4.98 Å². The van der Waals surface area contributed by atoms with Gasteiger partial charge in [-0.05, 0) is 43.2 Å². The fourth-order valence-electron chi connectivity index (χ4n) is 2.87. The van der Waals surface area contributed by atoms with E-state index in [2.05, 4.69) is 4.98 Å². The van der Waals surface area contributed by atoms with Crippen molar-refractivity contribution in [3.8, 4) is 5.75 Å². The molecular formula is C21H19NO5. The number of aromatic nitrogens is 1. The van der Waals surface area contributed by atoms with Crippen LogP contribution in [-0.4, -0.2) is 29.1 Å². The van der Waals surface area contributed by atoms with Gasteiger partial charge in [-0.1, -0.05) is 24.3 Å². The molecule has 0 unspecified atom stereocenters. The molecule has 3 aromatic rings. The zero-order valence-corrected chi connectivity index (χ0v) is 15.3. The lowest BCUT2D eigenvalue weighted by molar-refractivity contribution is 0.0455. The van der Waals surface area contributed by atoms with Crippen LogP contribution in [0.15, 0.2) is 42.5 Å². The lowest BCUT2D eigenvalue weighted by Crippen LogP contribution is -2.14. The van der Waals surface area contributed by atoms with Crippen LogP contribution in [0, 0.1) is 13.8 Å². The molecule has 0 radical (unpaired) electrons. The number of carbonyl (C=O) groups excluding carboxylic acids is 2. The maximum Gasteiger partial charge on any atom is 0.340 e. The Morgan fingerprint density at radius 3 is 2.52 bits per heavy atom. The molecule has 1 N–H and O–H groups in total. The highest BCUT2D eigenvalue weighted by molar-refractivity contribution is 5.98. The van der Waals surface area contributed by atoms with E-state index in [9.17, 15) is 14.7 Å². The first-order chi connectivity index (χ1) is 12.9. The predicted octanol–water partition coefficient (Wildman–Crippen LogP) is 3.70. The summed E-state index contributed by atoms with van der Waals surface area (Å²) >= 11 is 0. The summed E-state index contributed by atoms with van der Waals surface area (Å²) in [5.74, 6) is -1.14. The Kier molecular flexibility index (Phi) is 5.07. The lowest BCUT2D eigenvalue weighted by atomic mass is 10.0. The summed E-state index contributed by atoms with van der Waals surface area (Å²) in [5, 5.41) is 10.6. The first-order valence-electron chi connectivity index (χ1n) is 8.35. The average Bonchev–Trinajstić information content (AvgIpc) is 2.67. The second-order valence-electron chi connectivity index (χ2n) is 6.14. The van der Waals surface area contributed by atoms with Gasteiger partial charge in [0.05, 0.1) is 29.4 Å². The SMILES string of the molecule is COC(=O)c1c(COC(=O)c2ccc(C)c(O)c2)nc2ccccc2c1C. The molecule has 0 aliphatic rings. The number of carbonyl (C=O) groups is 2. The number of aromatic hydroxyl groups is 1. The molecule has 0 atom stereocenters. The summed E-state index contributed by atoms with van der Waals surface area (Å²) in [4.78, 5) is 29.0. The molecule has 0 aliphatic heterocycles. The molecular weight excluding hydrogens is 346 g/mol. The number of fused-ring (bicyclic) bond motifs is 1. The molecule has 0 fully saturated rings. The number of hydrogen-bond acceptors (Lipinski definition) is 6. The Balaban J connectivity index is 1.94. The van der Waals surface area contributed by atoms with E-state index >= 15 is 0 Å². The van der Waals surface area contributed by atoms with Crippen molar-refractivity contribution >= 4 is 22.8 Å². The van der Waals surface area contributed by atoms with Crippen molar-refractivity contribution in [2.45, 2.75) is 20.5 Å². The molecule has 0 saturated heterocycles. The van der Waals surface area contributed by atoms with E-state index in [0.29, 0.717) is 22.3 Å². The van der Waals surface area contributed by atoms with Gasteiger partial charge in [-0.3, -0.25) is 0 Å². The number of ether oxygens (including phenoxy) is 2. The molecule has 1 aromatic heterocycles. The van der Waals surface area contributed by atoms with Gasteiger partial charge in [0, 0.05) is 5.39 Å². The third-order valence-corrected chi connectivity index (χ3v) is 4.40. The average molecular weight is 365 g/mol. The zero-order chi connectivity index (χ0) is 19.6. The second-order valence-corrected chi connectivity index (χ2v) is 6.14. The van der Waals surface area contributed by atoms with Gasteiger partial charge in [-0.15, -0.1) is 0 Å². The van der Waals surface area contributed by atoms with Crippen molar-refractivity contribution in [3.63, 3.8) is 0 Å². The van der Waals surface area contributed by atoms with Crippen molar-refractivity contribution in [3.05, 3.63) is 70.4 Å². The number of rotatable bonds is 4. The summed E-state index contributed by atoms with van der Waals surface area (Å²) in [7, 11) is 1.29. The highest BCUT2D eigenvalue weighted by Crippen LogP contribution is 2.25. The number of phenols is 1. The van der Waals surface area contributed by atoms with Gasteiger partial charge in [-0.25, -0.2) is 14.6 Å². The Morgan fingerprint density at radius 2 is 1.81 bits per heavy atom. The lowest BCUT2D eigenvalue weighted by Gasteiger charge is -2.13. The molecule has 2 aromatic carbocycles. The van der Waals surface area contributed by atoms with Gasteiger partial charge in [-0.2, -0.15) is 0 Å². The largest absolute Gasteiger partial charge is 0.508 e. The number of hydrogen-bond donors (Lipinski definition) is 1. The topological polar surface area (TPSA) is 85.7 Å². The molecule has 1 heterocycles. The highest BCUT2D eigenvalue weighted by atomic mass is 16.5. The molecule has 27 heavy (non-hydrogen) atoms. The van der Waals surface area contributed by atoms with Crippen LogP contribution in [0.3, 0.4) is 0 Å². The molecule has 0 amide bonds. The molecule has 138 valence electrons. The number of pyridine rings is 1. The number of phenolic OH excluding ortho intramolecular Hbond substituents is 1. The number of nitrogens with zero attached hydrogens (tertiary/aromatic N) is 1. The van der Waals surface area contributed by atoms with E-state index in [1.165, 1.54) is 13.2 Å². The van der Waals surface area contributed by atoms with E-state index in [-0.39, 0.29) is 23.5 Å². The van der Waals surface area contributed by atoms with E-state index in [1.807, 2.05) is 24.3 Å². The van der Waals surface area contributed by atoms with E-state index in [1.54, 1.807) is 26.0 Å². The fourth-order valence-corrected chi connectivity index (χ4v) is 2.87. The Morgan fingerprint density at radius 1 is 1.07 bits per heavy atom. The summed E-state index contributed by atoms with van der Waals surface area (Å²) < 4.78 is 10.2. The van der Waals surface area contributed by atoms with Crippen LogP contribution in [0.1, 0.15) is 37.5 Å². The molecule has 6 heteroatoms. The van der Waals surface area contributed by atoms with Crippen molar-refractivity contribution in [1.29, 1.82) is 0 Å². The molecule has 3 rings (SSSR count). The number of esters is 2. The van der Waals surface area contributed by atoms with Gasteiger partial charge < -0.3 is 14.6 Å². The van der Waals surface area contributed by atoms with Crippen LogP contribution in [0.5, 0.6) is 5.75 Å². The van der Waals surface area contributed by atoms with Gasteiger partial charge in [0.1, 0.15) is 12.4 Å². The quantitative estimate of drug-likeness (QED) is 0.710. The zero-order valence-electron chi connectivity index (χ0n) is 15.3. The Bertz CT molecular complexity index is 1040. The maximum absolute atomic E-state index is 12.3. The van der Waals surface area contributed by atoms with Gasteiger partial charge in [0.15, 0.2) is 0 Å². The van der Waals surface area contributed by atoms with Crippen molar-refractivity contribution in [2.75, 3.05) is 7.11 Å². The first-order valence-corrected chi connectivity index (χ1v) is 8.35. The van der Waals surface area contributed by atoms with Crippen LogP contribution in [-0.2, 0) is 16.1 Å². The third-order valence-electron chi connectivity index (χ3n) is 4.40. The third kappa shape index (κ3) is 3.60. The van der Waals surface area contributed by atoms with E-state index < -0.39 is 11.9 Å². The summed E-state index contributed by atoms with van der Waals surface area (Å²) in [5.41, 5.74) is 2.90. The smallest absolute Gasteiger partial charge is 0.340 e. The second kappa shape index (κ2) is 7.45. The van der Waals surface area contributed by atoms with E-state index in [4.69, 9.17) is 9.47 Å². The van der Waals surface area contributed by atoms with Crippen molar-refractivity contribution < 1.29 is 24.2 Å². The minimum Gasteiger partial charge on any atom is -0.508 e. The number of aryl methyl sites for hydroxylation is 2. The monoisotopic (exact) mass is 365 g/mol. The summed E-state index contributed by atoms with van der Waals surface area (Å²) in [6, 6.07) is 11.9. The molecule has 6 nitrogen and oxygen atoms in total. The summed E-state index contributed by atoms with van der Waals surface area (Å²) in [6.07, 6.45) is 0. The Labute approximate surface area is 156 Å². The number of methoxy groups -OCH3 is 1. The predicted molar refractivity (Wildman–Crippen MR) is 99.8 cm³/mol. The van der Waals surface area contributed by atoms with Crippen LogP contribution < -0.4 is 0 Å². The number of para-hydroxylation sites is 1. The summed E-state index contributed by atoms with van der Waals surface area (Å²) in [6.45, 7) is 3.35. The number of benzene rings is 2. The van der Waals surface area contributed by atoms with Crippen LogP contribution in [0.2, 0.25) is 0 Å². The van der Waals surface area contributed by atoms with Gasteiger partial charge in [0.2, 0.25) is 0 Å². The van der Waals surface area contributed by atoms with Crippen LogP contribution >= 0.6 is 0 Å². The van der Waals surface area contributed by atoms with Crippen LogP contribution in [0.4, 0.5) is 0 Å². The fraction of sp³-hybridized carbons (Fsp3) is 0.190.